The number of nitrogens with zero attached hydrogens (tertiary/aromatic N) is 1. The lowest BCUT2D eigenvalue weighted by molar-refractivity contribution is -0.402. The van der Waals surface area contributed by atoms with Gasteiger partial charge < -0.3 is 9.15 Å². The number of furan rings is 1. The SMILES string of the molecule is O=Cc1cc(Br)cc(Br)c1OC(=O)c1ccc([N+](=O)[O-])o1. The molecule has 0 N–H and O–H groups in total. The second-order valence-electron chi connectivity index (χ2n) is 3.71. The van der Waals surface area contributed by atoms with Gasteiger partial charge in [-0.1, -0.05) is 15.9 Å². The van der Waals surface area contributed by atoms with E-state index in [1.807, 2.05) is 0 Å². The molecule has 0 saturated carbocycles. The van der Waals surface area contributed by atoms with Crippen molar-refractivity contribution in [3.63, 3.8) is 0 Å². The van der Waals surface area contributed by atoms with E-state index < -0.39 is 16.8 Å². The number of benzene rings is 1. The van der Waals surface area contributed by atoms with Crippen LogP contribution in [-0.4, -0.2) is 17.2 Å². The van der Waals surface area contributed by atoms with Gasteiger partial charge in [-0.3, -0.25) is 14.9 Å². The van der Waals surface area contributed by atoms with Crippen molar-refractivity contribution >= 4 is 50.0 Å². The van der Waals surface area contributed by atoms with E-state index in [4.69, 9.17) is 9.15 Å². The molecular weight excluding hydrogens is 414 g/mol. The zero-order chi connectivity index (χ0) is 15.6. The van der Waals surface area contributed by atoms with Gasteiger partial charge in [-0.15, -0.1) is 0 Å². The van der Waals surface area contributed by atoms with Crippen LogP contribution in [0.1, 0.15) is 20.9 Å². The van der Waals surface area contributed by atoms with E-state index in [0.29, 0.717) is 15.2 Å². The first kappa shape index (κ1) is 15.4. The third-order valence-electron chi connectivity index (χ3n) is 2.33. The fourth-order valence-electron chi connectivity index (χ4n) is 1.45. The number of carbonyl (C=O) groups excluding carboxylic acids is 2. The van der Waals surface area contributed by atoms with E-state index >= 15 is 0 Å². The normalized spacial score (nSPS) is 10.2. The topological polar surface area (TPSA) is 99.7 Å². The number of aldehydes is 1. The molecule has 0 spiro atoms. The minimum Gasteiger partial charge on any atom is -0.419 e. The summed E-state index contributed by atoms with van der Waals surface area (Å²) in [7, 11) is 0. The quantitative estimate of drug-likeness (QED) is 0.246. The molecule has 0 aliphatic heterocycles. The van der Waals surface area contributed by atoms with Gasteiger partial charge in [0.1, 0.15) is 4.92 Å². The number of esters is 1. The molecule has 2 aromatic rings. The van der Waals surface area contributed by atoms with Crippen molar-refractivity contribution in [3.05, 3.63) is 54.6 Å². The van der Waals surface area contributed by atoms with Crippen molar-refractivity contribution in [1.82, 2.24) is 0 Å². The average molecular weight is 419 g/mol. The predicted octanol–water partition coefficient (Wildman–Crippen LogP) is 3.74. The Labute approximate surface area is 134 Å². The molecule has 9 heteroatoms. The van der Waals surface area contributed by atoms with Crippen LogP contribution in [0, 0.1) is 10.1 Å². The monoisotopic (exact) mass is 417 g/mol. The molecule has 0 saturated heterocycles. The van der Waals surface area contributed by atoms with Crippen molar-refractivity contribution in [3.8, 4) is 5.75 Å². The van der Waals surface area contributed by atoms with Crippen LogP contribution in [0.15, 0.2) is 37.6 Å². The van der Waals surface area contributed by atoms with Gasteiger partial charge in [0.25, 0.3) is 0 Å². The van der Waals surface area contributed by atoms with E-state index in [9.17, 15) is 19.7 Å². The Morgan fingerprint density at radius 3 is 2.62 bits per heavy atom. The van der Waals surface area contributed by atoms with Crippen LogP contribution in [0.25, 0.3) is 0 Å². The zero-order valence-electron chi connectivity index (χ0n) is 10.0. The van der Waals surface area contributed by atoms with Crippen molar-refractivity contribution in [1.29, 1.82) is 0 Å². The van der Waals surface area contributed by atoms with Crippen molar-refractivity contribution in [2.75, 3.05) is 0 Å². The summed E-state index contributed by atoms with van der Waals surface area (Å²) >= 11 is 6.36. The highest BCUT2D eigenvalue weighted by Crippen LogP contribution is 2.32. The van der Waals surface area contributed by atoms with E-state index in [0.717, 1.165) is 12.1 Å². The number of ether oxygens (including phenoxy) is 1. The van der Waals surface area contributed by atoms with Gasteiger partial charge in [-0.05, 0) is 34.1 Å². The molecule has 0 amide bonds. The Morgan fingerprint density at radius 1 is 1.33 bits per heavy atom. The molecule has 2 rings (SSSR count). The summed E-state index contributed by atoms with van der Waals surface area (Å²) in [5.41, 5.74) is 0.130. The van der Waals surface area contributed by atoms with Gasteiger partial charge in [-0.25, -0.2) is 4.79 Å². The summed E-state index contributed by atoms with van der Waals surface area (Å²) in [4.78, 5) is 32.6. The van der Waals surface area contributed by atoms with Crippen LogP contribution < -0.4 is 4.74 Å². The highest BCUT2D eigenvalue weighted by Gasteiger charge is 2.21. The van der Waals surface area contributed by atoms with Crippen LogP contribution in [-0.2, 0) is 0 Å². The minimum absolute atomic E-state index is 0.00254. The van der Waals surface area contributed by atoms with Gasteiger partial charge >= 0.3 is 11.9 Å². The van der Waals surface area contributed by atoms with Gasteiger partial charge in [0.15, 0.2) is 12.0 Å². The largest absolute Gasteiger partial charge is 0.433 e. The molecular formula is C12H5Br2NO6. The van der Waals surface area contributed by atoms with Crippen LogP contribution >= 0.6 is 31.9 Å². The number of carbonyl (C=O) groups is 2. The number of halogens is 2. The summed E-state index contributed by atoms with van der Waals surface area (Å²) in [5, 5.41) is 10.5. The first-order chi connectivity index (χ1) is 9.92. The van der Waals surface area contributed by atoms with Gasteiger partial charge in [0, 0.05) is 4.47 Å². The average Bonchev–Trinajstić information content (AvgIpc) is 2.91. The lowest BCUT2D eigenvalue weighted by Crippen LogP contribution is -2.09. The maximum atomic E-state index is 11.9. The number of hydrogen-bond donors (Lipinski definition) is 0. The maximum Gasteiger partial charge on any atom is 0.433 e. The summed E-state index contributed by atoms with van der Waals surface area (Å²) in [6, 6.07) is 5.20. The Bertz CT molecular complexity index is 739. The van der Waals surface area contributed by atoms with Crippen LogP contribution in [0.3, 0.4) is 0 Å². The van der Waals surface area contributed by atoms with Crippen LogP contribution in [0.5, 0.6) is 5.75 Å². The van der Waals surface area contributed by atoms with Crippen LogP contribution in [0.2, 0.25) is 0 Å². The second-order valence-corrected chi connectivity index (χ2v) is 5.48. The number of rotatable bonds is 4. The highest BCUT2D eigenvalue weighted by atomic mass is 79.9. The molecule has 0 aliphatic rings. The molecule has 1 aromatic carbocycles. The molecule has 108 valence electrons. The molecule has 0 fully saturated rings. The van der Waals surface area contributed by atoms with Gasteiger partial charge in [-0.2, -0.15) is 0 Å². The minimum atomic E-state index is -0.950. The number of hydrogen-bond acceptors (Lipinski definition) is 6. The third kappa shape index (κ3) is 3.37. The highest BCUT2D eigenvalue weighted by molar-refractivity contribution is 9.11. The lowest BCUT2D eigenvalue weighted by atomic mass is 10.2. The Hall–Kier alpha value is -2.00. The maximum absolute atomic E-state index is 11.9. The molecule has 0 unspecified atom stereocenters. The molecule has 0 aliphatic carbocycles. The fraction of sp³-hybridized carbons (Fsp3) is 0. The summed E-state index contributed by atoms with van der Waals surface area (Å²) in [6.07, 6.45) is 0.517. The van der Waals surface area contributed by atoms with Crippen molar-refractivity contribution in [2.24, 2.45) is 0 Å². The second kappa shape index (κ2) is 6.19. The summed E-state index contributed by atoms with van der Waals surface area (Å²) in [6.45, 7) is 0. The van der Waals surface area contributed by atoms with E-state index in [1.54, 1.807) is 6.07 Å². The number of nitro groups is 1. The van der Waals surface area contributed by atoms with Gasteiger partial charge in [0.05, 0.1) is 16.1 Å². The Morgan fingerprint density at radius 2 is 2.05 bits per heavy atom. The zero-order valence-corrected chi connectivity index (χ0v) is 13.2. The Kier molecular flexibility index (Phi) is 4.53. The van der Waals surface area contributed by atoms with E-state index in [2.05, 4.69) is 31.9 Å². The third-order valence-corrected chi connectivity index (χ3v) is 3.38. The summed E-state index contributed by atoms with van der Waals surface area (Å²) < 4.78 is 10.8. The molecule has 21 heavy (non-hydrogen) atoms. The van der Waals surface area contributed by atoms with Gasteiger partial charge in [0.2, 0.25) is 5.76 Å². The van der Waals surface area contributed by atoms with Crippen LogP contribution in [0.4, 0.5) is 5.88 Å². The van der Waals surface area contributed by atoms with Crippen molar-refractivity contribution in [2.45, 2.75) is 0 Å². The summed E-state index contributed by atoms with van der Waals surface area (Å²) in [5.74, 6) is -1.87. The first-order valence-electron chi connectivity index (χ1n) is 5.33. The van der Waals surface area contributed by atoms with E-state index in [1.165, 1.54) is 6.07 Å². The van der Waals surface area contributed by atoms with E-state index in [-0.39, 0.29) is 17.1 Å². The Balaban J connectivity index is 2.31. The standard InChI is InChI=1S/C12H5Br2NO6/c13-7-3-6(5-16)11(8(14)4-7)21-12(17)9-1-2-10(20-9)15(18)19/h1-5H. The smallest absolute Gasteiger partial charge is 0.419 e. The molecule has 7 nitrogen and oxygen atoms in total. The molecule has 0 atom stereocenters. The lowest BCUT2D eigenvalue weighted by Gasteiger charge is -2.08. The first-order valence-corrected chi connectivity index (χ1v) is 6.91. The molecule has 1 aromatic heterocycles. The van der Waals surface area contributed by atoms with Crippen molar-refractivity contribution < 1.29 is 23.7 Å². The predicted molar refractivity (Wildman–Crippen MR) is 77.6 cm³/mol. The molecule has 0 radical (unpaired) electrons. The molecule has 0 bridgehead atoms. The fourth-order valence-corrected chi connectivity index (χ4v) is 2.79. The molecule has 1 heterocycles.